The Bertz CT molecular complexity index is 274. The largest absolute Gasteiger partial charge is 0.507 e. The molecular formula is C8H12N2O2. The van der Waals surface area contributed by atoms with Crippen LogP contribution in [0.25, 0.3) is 0 Å². The molecule has 0 heterocycles. The Hall–Kier alpha value is -1.55. The van der Waals surface area contributed by atoms with Crippen LogP contribution in [0.15, 0.2) is 24.3 Å². The van der Waals surface area contributed by atoms with E-state index in [1.807, 2.05) is 5.43 Å². The number of rotatable bonds is 1. The van der Waals surface area contributed by atoms with Gasteiger partial charge in [0.2, 0.25) is 0 Å². The van der Waals surface area contributed by atoms with Gasteiger partial charge in [-0.15, -0.1) is 0 Å². The number of phenolic OH excluding ortho intramolecular Hbond substituents is 1. The molecule has 66 valence electrons. The fourth-order valence-electron chi connectivity index (χ4n) is 0.743. The molecule has 1 aromatic carbocycles. The van der Waals surface area contributed by atoms with E-state index < -0.39 is 5.91 Å². The molecule has 1 amide bonds. The van der Waals surface area contributed by atoms with Gasteiger partial charge < -0.3 is 5.11 Å². The molecule has 0 unspecified atom stereocenters. The van der Waals surface area contributed by atoms with Crippen molar-refractivity contribution >= 4 is 5.91 Å². The Kier molecular flexibility index (Phi) is 3.79. The standard InChI is InChI=1S/C7H8N2O2.CH4/c8-9-7(11)5-3-1-2-4-6(5)10;/h1-4,10H,8H2,(H,9,11);1H4. The van der Waals surface area contributed by atoms with Crippen molar-refractivity contribution in [2.75, 3.05) is 0 Å². The molecule has 0 atom stereocenters. The lowest BCUT2D eigenvalue weighted by Gasteiger charge is -2.00. The van der Waals surface area contributed by atoms with Gasteiger partial charge in [0, 0.05) is 0 Å². The average Bonchev–Trinajstić information content (AvgIpc) is 2.04. The molecule has 4 nitrogen and oxygen atoms in total. The molecule has 0 bridgehead atoms. The summed E-state index contributed by atoms with van der Waals surface area (Å²) in [7, 11) is 0. The Morgan fingerprint density at radius 2 is 2.00 bits per heavy atom. The van der Waals surface area contributed by atoms with Gasteiger partial charge in [-0.05, 0) is 12.1 Å². The first-order valence-corrected chi connectivity index (χ1v) is 3.04. The predicted octanol–water partition coefficient (Wildman–Crippen LogP) is 0.632. The quantitative estimate of drug-likeness (QED) is 0.327. The molecule has 0 saturated carbocycles. The molecule has 0 aliphatic heterocycles. The summed E-state index contributed by atoms with van der Waals surface area (Å²) < 4.78 is 0. The van der Waals surface area contributed by atoms with E-state index in [2.05, 4.69) is 0 Å². The van der Waals surface area contributed by atoms with Crippen LogP contribution in [0, 0.1) is 0 Å². The van der Waals surface area contributed by atoms with Crippen molar-refractivity contribution in [2.45, 2.75) is 7.43 Å². The summed E-state index contributed by atoms with van der Waals surface area (Å²) >= 11 is 0. The molecule has 4 N–H and O–H groups in total. The molecule has 0 aliphatic carbocycles. The Labute approximate surface area is 71.0 Å². The fraction of sp³-hybridized carbons (Fsp3) is 0.125. The van der Waals surface area contributed by atoms with Gasteiger partial charge in [0.05, 0.1) is 5.56 Å². The number of para-hydroxylation sites is 1. The van der Waals surface area contributed by atoms with E-state index in [0.29, 0.717) is 0 Å². The summed E-state index contributed by atoms with van der Waals surface area (Å²) in [6.45, 7) is 0. The Morgan fingerprint density at radius 3 is 2.50 bits per heavy atom. The summed E-state index contributed by atoms with van der Waals surface area (Å²) in [6.07, 6.45) is 0. The molecule has 12 heavy (non-hydrogen) atoms. The Balaban J connectivity index is 0.00000121. The van der Waals surface area contributed by atoms with Crippen molar-refractivity contribution in [3.8, 4) is 5.75 Å². The summed E-state index contributed by atoms with van der Waals surface area (Å²) in [6, 6.07) is 6.18. The molecule has 0 fully saturated rings. The number of nitrogen functional groups attached to an aromatic ring is 1. The average molecular weight is 168 g/mol. The number of hydrazine groups is 1. The normalized spacial score (nSPS) is 8.42. The molecule has 0 spiro atoms. The van der Waals surface area contributed by atoms with Crippen LogP contribution in [0.2, 0.25) is 0 Å². The maximum Gasteiger partial charge on any atom is 0.268 e. The third-order valence-corrected chi connectivity index (χ3v) is 1.28. The highest BCUT2D eigenvalue weighted by Crippen LogP contribution is 2.14. The lowest BCUT2D eigenvalue weighted by Crippen LogP contribution is -2.29. The van der Waals surface area contributed by atoms with Gasteiger partial charge in [0.15, 0.2) is 0 Å². The van der Waals surface area contributed by atoms with Crippen molar-refractivity contribution in [1.29, 1.82) is 0 Å². The van der Waals surface area contributed by atoms with Gasteiger partial charge in [-0.3, -0.25) is 10.2 Å². The number of nitrogens with two attached hydrogens (primary N) is 1. The van der Waals surface area contributed by atoms with Gasteiger partial charge in [-0.2, -0.15) is 0 Å². The van der Waals surface area contributed by atoms with Gasteiger partial charge >= 0.3 is 0 Å². The van der Waals surface area contributed by atoms with Crippen LogP contribution in [0.4, 0.5) is 0 Å². The van der Waals surface area contributed by atoms with Crippen molar-refractivity contribution in [2.24, 2.45) is 5.84 Å². The number of hydrogen-bond acceptors (Lipinski definition) is 3. The van der Waals surface area contributed by atoms with Gasteiger partial charge in [-0.1, -0.05) is 19.6 Å². The predicted molar refractivity (Wildman–Crippen MR) is 46.5 cm³/mol. The van der Waals surface area contributed by atoms with E-state index in [4.69, 9.17) is 10.9 Å². The third kappa shape index (κ3) is 1.96. The van der Waals surface area contributed by atoms with E-state index in [0.717, 1.165) is 0 Å². The maximum absolute atomic E-state index is 10.8. The second kappa shape index (κ2) is 4.35. The summed E-state index contributed by atoms with van der Waals surface area (Å²) in [5, 5.41) is 9.10. The van der Waals surface area contributed by atoms with Crippen LogP contribution < -0.4 is 11.3 Å². The molecule has 0 saturated heterocycles. The van der Waals surface area contributed by atoms with Crippen molar-refractivity contribution in [3.05, 3.63) is 29.8 Å². The van der Waals surface area contributed by atoms with Gasteiger partial charge in [0.25, 0.3) is 5.91 Å². The van der Waals surface area contributed by atoms with Crippen molar-refractivity contribution in [1.82, 2.24) is 5.43 Å². The van der Waals surface area contributed by atoms with E-state index in [1.54, 1.807) is 12.1 Å². The zero-order valence-electron chi connectivity index (χ0n) is 5.74. The Morgan fingerprint density at radius 1 is 1.42 bits per heavy atom. The van der Waals surface area contributed by atoms with Crippen LogP contribution >= 0.6 is 0 Å². The molecule has 0 aromatic heterocycles. The minimum absolute atomic E-state index is 0. The highest BCUT2D eigenvalue weighted by molar-refractivity contribution is 5.96. The molecule has 0 radical (unpaired) electrons. The number of amides is 1. The van der Waals surface area contributed by atoms with Crippen LogP contribution in [-0.2, 0) is 0 Å². The van der Waals surface area contributed by atoms with Gasteiger partial charge in [-0.25, -0.2) is 5.84 Å². The first-order chi connectivity index (χ1) is 5.25. The third-order valence-electron chi connectivity index (χ3n) is 1.28. The van der Waals surface area contributed by atoms with Crippen molar-refractivity contribution < 1.29 is 9.90 Å². The minimum atomic E-state index is -0.497. The highest BCUT2D eigenvalue weighted by atomic mass is 16.3. The summed E-state index contributed by atoms with van der Waals surface area (Å²) in [5.41, 5.74) is 2.10. The molecule has 0 aliphatic rings. The van der Waals surface area contributed by atoms with Crippen LogP contribution in [-0.4, -0.2) is 11.0 Å². The summed E-state index contributed by atoms with van der Waals surface area (Å²) in [5.74, 6) is 4.29. The first kappa shape index (κ1) is 10.4. The second-order valence-electron chi connectivity index (χ2n) is 1.99. The van der Waals surface area contributed by atoms with Gasteiger partial charge in [0.1, 0.15) is 5.75 Å². The molecular weight excluding hydrogens is 156 g/mol. The van der Waals surface area contributed by atoms with Crippen LogP contribution in [0.3, 0.4) is 0 Å². The van der Waals surface area contributed by atoms with E-state index in [1.165, 1.54) is 12.1 Å². The van der Waals surface area contributed by atoms with E-state index in [9.17, 15) is 4.79 Å². The molecule has 1 rings (SSSR count). The fourth-order valence-corrected chi connectivity index (χ4v) is 0.743. The number of phenols is 1. The zero-order chi connectivity index (χ0) is 8.27. The lowest BCUT2D eigenvalue weighted by molar-refractivity contribution is 0.0951. The van der Waals surface area contributed by atoms with E-state index in [-0.39, 0.29) is 18.7 Å². The number of aromatic hydroxyl groups is 1. The number of carbonyl (C=O) groups excluding carboxylic acids is 1. The van der Waals surface area contributed by atoms with Crippen molar-refractivity contribution in [3.63, 3.8) is 0 Å². The number of benzene rings is 1. The topological polar surface area (TPSA) is 75.3 Å². The lowest BCUT2D eigenvalue weighted by atomic mass is 10.2. The van der Waals surface area contributed by atoms with E-state index >= 15 is 0 Å². The monoisotopic (exact) mass is 168 g/mol. The molecule has 1 aromatic rings. The zero-order valence-corrected chi connectivity index (χ0v) is 5.74. The SMILES string of the molecule is C.NNC(=O)c1ccccc1O. The number of hydrogen-bond donors (Lipinski definition) is 3. The smallest absolute Gasteiger partial charge is 0.268 e. The first-order valence-electron chi connectivity index (χ1n) is 3.04. The second-order valence-corrected chi connectivity index (χ2v) is 1.99. The van der Waals surface area contributed by atoms with Crippen LogP contribution in [0.5, 0.6) is 5.75 Å². The van der Waals surface area contributed by atoms with Crippen LogP contribution in [0.1, 0.15) is 17.8 Å². The molecule has 4 heteroatoms. The maximum atomic E-state index is 10.8. The number of carbonyl (C=O) groups is 1. The highest BCUT2D eigenvalue weighted by Gasteiger charge is 2.06. The number of nitrogens with one attached hydrogen (secondary N) is 1. The minimum Gasteiger partial charge on any atom is -0.507 e. The summed E-state index contributed by atoms with van der Waals surface area (Å²) in [4.78, 5) is 10.8.